The molecule has 1 aliphatic heterocycles. The van der Waals surface area contributed by atoms with Crippen LogP contribution in [-0.2, 0) is 11.2 Å². The molecule has 1 aromatic carbocycles. The van der Waals surface area contributed by atoms with Crippen molar-refractivity contribution in [2.75, 3.05) is 49.5 Å². The summed E-state index contributed by atoms with van der Waals surface area (Å²) in [5.74, 6) is 1.48. The number of nitrogens with zero attached hydrogens (tertiary/aromatic N) is 3. The number of carbonyl (C=O) groups is 1. The molecular formula is C21H28N4O2. The first-order chi connectivity index (χ1) is 13.2. The Hall–Kier alpha value is -2.60. The van der Waals surface area contributed by atoms with Gasteiger partial charge < -0.3 is 19.9 Å². The first kappa shape index (κ1) is 19.2. The average molecular weight is 368 g/mol. The molecule has 0 atom stereocenters. The zero-order chi connectivity index (χ0) is 19.1. The van der Waals surface area contributed by atoms with Gasteiger partial charge in [0.05, 0.1) is 11.9 Å². The Labute approximate surface area is 161 Å². The van der Waals surface area contributed by atoms with E-state index in [1.165, 1.54) is 5.56 Å². The van der Waals surface area contributed by atoms with Gasteiger partial charge in [-0.15, -0.1) is 0 Å². The third kappa shape index (κ3) is 5.44. The standard InChI is InChI=1S/C21H28N4O2/c1-3-17-6-5-7-19(14-17)27-16-21(26)23-18-8-9-20(22-15-18)25-12-10-24(4-2)11-13-25/h5-9,14-15H,3-4,10-13,16H2,1-2H3,(H,23,26). The molecule has 6 nitrogen and oxygen atoms in total. The van der Waals surface area contributed by atoms with Crippen LogP contribution in [0.4, 0.5) is 11.5 Å². The van der Waals surface area contributed by atoms with Crippen LogP contribution >= 0.6 is 0 Å². The van der Waals surface area contributed by atoms with Crippen LogP contribution in [0.5, 0.6) is 5.75 Å². The molecule has 144 valence electrons. The van der Waals surface area contributed by atoms with Gasteiger partial charge in [-0.25, -0.2) is 4.98 Å². The zero-order valence-corrected chi connectivity index (χ0v) is 16.1. The number of hydrogen-bond acceptors (Lipinski definition) is 5. The van der Waals surface area contributed by atoms with Crippen molar-refractivity contribution in [3.8, 4) is 5.75 Å². The molecular weight excluding hydrogens is 340 g/mol. The van der Waals surface area contributed by atoms with Gasteiger partial charge in [-0.05, 0) is 42.8 Å². The van der Waals surface area contributed by atoms with Gasteiger partial charge in [0.2, 0.25) is 0 Å². The first-order valence-electron chi connectivity index (χ1n) is 9.63. The molecule has 0 saturated carbocycles. The number of anilines is 2. The first-order valence-corrected chi connectivity index (χ1v) is 9.63. The van der Waals surface area contributed by atoms with Crippen LogP contribution in [-0.4, -0.2) is 55.1 Å². The minimum absolute atomic E-state index is 0.0199. The highest BCUT2D eigenvalue weighted by Crippen LogP contribution is 2.17. The predicted molar refractivity (Wildman–Crippen MR) is 109 cm³/mol. The number of rotatable bonds is 7. The maximum Gasteiger partial charge on any atom is 0.262 e. The maximum absolute atomic E-state index is 12.1. The van der Waals surface area contributed by atoms with Gasteiger partial charge >= 0.3 is 0 Å². The summed E-state index contributed by atoms with van der Waals surface area (Å²) in [6.45, 7) is 9.45. The van der Waals surface area contributed by atoms with Gasteiger partial charge in [0.25, 0.3) is 5.91 Å². The fraction of sp³-hybridized carbons (Fsp3) is 0.429. The summed E-state index contributed by atoms with van der Waals surface area (Å²) < 4.78 is 5.58. The Kier molecular flexibility index (Phi) is 6.65. The molecule has 0 radical (unpaired) electrons. The number of hydrogen-bond donors (Lipinski definition) is 1. The molecule has 1 aliphatic rings. The third-order valence-electron chi connectivity index (χ3n) is 4.85. The minimum atomic E-state index is -0.192. The topological polar surface area (TPSA) is 57.7 Å². The second-order valence-corrected chi connectivity index (χ2v) is 6.66. The number of ether oxygens (including phenoxy) is 1. The van der Waals surface area contributed by atoms with Gasteiger partial charge in [0, 0.05) is 26.2 Å². The monoisotopic (exact) mass is 368 g/mol. The van der Waals surface area contributed by atoms with Crippen molar-refractivity contribution in [2.45, 2.75) is 20.3 Å². The molecule has 1 aromatic heterocycles. The van der Waals surface area contributed by atoms with E-state index in [0.29, 0.717) is 11.4 Å². The van der Waals surface area contributed by atoms with Crippen molar-refractivity contribution in [1.29, 1.82) is 0 Å². The highest BCUT2D eigenvalue weighted by atomic mass is 16.5. The molecule has 3 rings (SSSR count). The van der Waals surface area contributed by atoms with Crippen molar-refractivity contribution < 1.29 is 9.53 Å². The molecule has 2 heterocycles. The van der Waals surface area contributed by atoms with Gasteiger partial charge in [0.15, 0.2) is 6.61 Å². The number of amides is 1. The van der Waals surface area contributed by atoms with Crippen LogP contribution in [0, 0.1) is 0 Å². The van der Waals surface area contributed by atoms with Crippen molar-refractivity contribution in [3.05, 3.63) is 48.2 Å². The number of carbonyl (C=O) groups excluding carboxylic acids is 1. The van der Waals surface area contributed by atoms with Crippen LogP contribution in [0.15, 0.2) is 42.6 Å². The van der Waals surface area contributed by atoms with E-state index in [4.69, 9.17) is 4.74 Å². The Morgan fingerprint density at radius 3 is 2.63 bits per heavy atom. The quantitative estimate of drug-likeness (QED) is 0.814. The van der Waals surface area contributed by atoms with E-state index >= 15 is 0 Å². The fourth-order valence-electron chi connectivity index (χ4n) is 3.14. The maximum atomic E-state index is 12.1. The van der Waals surface area contributed by atoms with Gasteiger partial charge in [0.1, 0.15) is 11.6 Å². The van der Waals surface area contributed by atoms with E-state index in [-0.39, 0.29) is 12.5 Å². The summed E-state index contributed by atoms with van der Waals surface area (Å²) in [5.41, 5.74) is 1.87. The molecule has 1 saturated heterocycles. The Morgan fingerprint density at radius 2 is 1.96 bits per heavy atom. The van der Waals surface area contributed by atoms with Crippen molar-refractivity contribution >= 4 is 17.4 Å². The largest absolute Gasteiger partial charge is 0.484 e. The summed E-state index contributed by atoms with van der Waals surface area (Å²) in [7, 11) is 0. The van der Waals surface area contributed by atoms with E-state index < -0.39 is 0 Å². The van der Waals surface area contributed by atoms with E-state index in [1.807, 2.05) is 36.4 Å². The molecule has 1 amide bonds. The number of aryl methyl sites for hydroxylation is 1. The van der Waals surface area contributed by atoms with Crippen LogP contribution in [0.3, 0.4) is 0 Å². The van der Waals surface area contributed by atoms with Gasteiger partial charge in [-0.1, -0.05) is 26.0 Å². The van der Waals surface area contributed by atoms with Crippen LogP contribution in [0.1, 0.15) is 19.4 Å². The number of piperazine rings is 1. The normalized spacial score (nSPS) is 14.8. The molecule has 0 bridgehead atoms. The van der Waals surface area contributed by atoms with Crippen LogP contribution < -0.4 is 15.0 Å². The molecule has 27 heavy (non-hydrogen) atoms. The number of aromatic nitrogens is 1. The van der Waals surface area contributed by atoms with Crippen LogP contribution in [0.25, 0.3) is 0 Å². The van der Waals surface area contributed by atoms with Crippen molar-refractivity contribution in [3.63, 3.8) is 0 Å². The minimum Gasteiger partial charge on any atom is -0.484 e. The molecule has 0 spiro atoms. The summed E-state index contributed by atoms with van der Waals surface area (Å²) in [4.78, 5) is 21.3. The lowest BCUT2D eigenvalue weighted by Gasteiger charge is -2.34. The third-order valence-corrected chi connectivity index (χ3v) is 4.85. The smallest absolute Gasteiger partial charge is 0.262 e. The van der Waals surface area contributed by atoms with E-state index in [0.717, 1.165) is 45.0 Å². The number of likely N-dealkylation sites (N-methyl/N-ethyl adjacent to an activating group) is 1. The van der Waals surface area contributed by atoms with Gasteiger partial charge in [-0.2, -0.15) is 0 Å². The van der Waals surface area contributed by atoms with Gasteiger partial charge in [-0.3, -0.25) is 4.79 Å². The summed E-state index contributed by atoms with van der Waals surface area (Å²) in [6.07, 6.45) is 2.64. The van der Waals surface area contributed by atoms with Crippen molar-refractivity contribution in [2.24, 2.45) is 0 Å². The van der Waals surface area contributed by atoms with E-state index in [9.17, 15) is 4.79 Å². The summed E-state index contributed by atoms with van der Waals surface area (Å²) in [6, 6.07) is 11.7. The average Bonchev–Trinajstić information content (AvgIpc) is 2.73. The highest BCUT2D eigenvalue weighted by Gasteiger charge is 2.16. The summed E-state index contributed by atoms with van der Waals surface area (Å²) >= 11 is 0. The molecule has 1 fully saturated rings. The lowest BCUT2D eigenvalue weighted by Crippen LogP contribution is -2.46. The van der Waals surface area contributed by atoms with E-state index in [1.54, 1.807) is 6.20 Å². The molecule has 2 aromatic rings. The SMILES string of the molecule is CCc1cccc(OCC(=O)Nc2ccc(N3CCN(CC)CC3)nc2)c1. The fourth-order valence-corrected chi connectivity index (χ4v) is 3.14. The predicted octanol–water partition coefficient (Wildman–Crippen LogP) is 2.80. The highest BCUT2D eigenvalue weighted by molar-refractivity contribution is 5.91. The number of benzene rings is 1. The molecule has 6 heteroatoms. The van der Waals surface area contributed by atoms with Crippen LogP contribution in [0.2, 0.25) is 0 Å². The zero-order valence-electron chi connectivity index (χ0n) is 16.1. The van der Waals surface area contributed by atoms with E-state index in [2.05, 4.69) is 33.9 Å². The lowest BCUT2D eigenvalue weighted by atomic mass is 10.2. The van der Waals surface area contributed by atoms with Crippen molar-refractivity contribution in [1.82, 2.24) is 9.88 Å². The number of pyridine rings is 1. The Balaban J connectivity index is 1.48. The molecule has 0 unspecified atom stereocenters. The number of nitrogens with one attached hydrogen (secondary N) is 1. The Bertz CT molecular complexity index is 740. The second kappa shape index (κ2) is 9.37. The second-order valence-electron chi connectivity index (χ2n) is 6.66. The molecule has 1 N–H and O–H groups in total. The lowest BCUT2D eigenvalue weighted by molar-refractivity contribution is -0.118. The molecule has 0 aliphatic carbocycles. The summed E-state index contributed by atoms with van der Waals surface area (Å²) in [5, 5.41) is 2.83. The Morgan fingerprint density at radius 1 is 1.15 bits per heavy atom.